The summed E-state index contributed by atoms with van der Waals surface area (Å²) in [6, 6.07) is 7.33. The second-order valence-electron chi connectivity index (χ2n) is 17.8. The third-order valence-corrected chi connectivity index (χ3v) is 12.0. The van der Waals surface area contributed by atoms with Crippen LogP contribution in [0.25, 0.3) is 0 Å². The van der Waals surface area contributed by atoms with E-state index in [-0.39, 0.29) is 41.0 Å². The summed E-state index contributed by atoms with van der Waals surface area (Å²) in [5.41, 5.74) is 2.99. The molecule has 0 bridgehead atoms. The molecule has 0 aliphatic carbocycles. The number of nitrogens with two attached hydrogens (primary N) is 1. The molecule has 0 spiro atoms. The molecule has 8 N–H and O–H groups in total. The van der Waals surface area contributed by atoms with Crippen molar-refractivity contribution >= 4 is 46.8 Å². The molecule has 0 aliphatic rings. The largest absolute Gasteiger partial charge is 0.507 e. The van der Waals surface area contributed by atoms with Gasteiger partial charge >= 0.3 is 11.8 Å². The fraction of sp³-hybridized carbons (Fsp3) is 0.654. The average molecular weight is 921 g/mol. The Morgan fingerprint density at radius 1 is 0.470 bits per heavy atom. The van der Waals surface area contributed by atoms with E-state index in [1.54, 1.807) is 5.43 Å². The molecule has 0 aliphatic heterocycles. The first-order valence-corrected chi connectivity index (χ1v) is 25.5. The maximum absolute atomic E-state index is 13.7. The van der Waals surface area contributed by atoms with Gasteiger partial charge in [-0.25, -0.2) is 5.84 Å². The summed E-state index contributed by atoms with van der Waals surface area (Å²) in [6.45, 7) is 4.48. The Labute approximate surface area is 395 Å². The van der Waals surface area contributed by atoms with Crippen LogP contribution in [-0.4, -0.2) is 50.7 Å². The number of aromatic hydroxyl groups is 2. The first-order chi connectivity index (χ1) is 32.0. The van der Waals surface area contributed by atoms with E-state index in [1.807, 2.05) is 5.43 Å². The normalized spacial score (nSPS) is 11.0. The number of unbranched alkanes of at least 4 members (excludes halogenated alkanes) is 28. The number of nitrogens with one attached hydrogen (secondary N) is 4. The second-order valence-corrected chi connectivity index (χ2v) is 17.8. The summed E-state index contributed by atoms with van der Waals surface area (Å²) in [5, 5.41) is 26.6. The first-order valence-electron chi connectivity index (χ1n) is 25.5. The first kappa shape index (κ1) is 57.1. The fourth-order valence-corrected chi connectivity index (χ4v) is 7.98. The Morgan fingerprint density at radius 2 is 0.788 bits per heavy atom. The third-order valence-electron chi connectivity index (χ3n) is 12.0. The molecule has 6 amide bonds. The van der Waals surface area contributed by atoms with E-state index in [0.29, 0.717) is 12.8 Å². The van der Waals surface area contributed by atoms with Crippen molar-refractivity contribution in [1.82, 2.24) is 15.9 Å². The van der Waals surface area contributed by atoms with Crippen LogP contribution in [0.2, 0.25) is 0 Å². The minimum Gasteiger partial charge on any atom is -0.507 e. The molecular weight excluding hydrogens is 837 g/mol. The summed E-state index contributed by atoms with van der Waals surface area (Å²) >= 11 is 0. The van der Waals surface area contributed by atoms with Crippen molar-refractivity contribution < 1.29 is 39.0 Å². The number of benzene rings is 2. The SMILES string of the molecule is CCCCCCCCCCCCCCCCCC(=O)Nc1ccc(O)c(C(=O)NN(C(=O)C(=O)NN)C(=O)c2cc(NC(=O)CCCCCCCCCCCCCCCCC)ccc2O)c1. The number of phenols is 2. The number of hydrogen-bond acceptors (Lipinski definition) is 9. The summed E-state index contributed by atoms with van der Waals surface area (Å²) in [4.78, 5) is 78.1. The highest BCUT2D eigenvalue weighted by Crippen LogP contribution is 2.26. The molecule has 0 heterocycles. The zero-order valence-electron chi connectivity index (χ0n) is 40.5. The number of amides is 6. The van der Waals surface area contributed by atoms with Crippen molar-refractivity contribution in [3.63, 3.8) is 0 Å². The van der Waals surface area contributed by atoms with E-state index in [9.17, 15) is 39.0 Å². The van der Waals surface area contributed by atoms with Crippen molar-refractivity contribution in [2.45, 2.75) is 219 Å². The van der Waals surface area contributed by atoms with Crippen LogP contribution in [0.5, 0.6) is 11.5 Å². The summed E-state index contributed by atoms with van der Waals surface area (Å²) < 4.78 is 0. The number of carbonyl (C=O) groups is 6. The van der Waals surface area contributed by atoms with Crippen LogP contribution in [0.15, 0.2) is 36.4 Å². The lowest BCUT2D eigenvalue weighted by molar-refractivity contribution is -0.145. The van der Waals surface area contributed by atoms with Crippen LogP contribution < -0.4 is 27.3 Å². The highest BCUT2D eigenvalue weighted by molar-refractivity contribution is 6.38. The minimum absolute atomic E-state index is 0.0436. The van der Waals surface area contributed by atoms with E-state index >= 15 is 0 Å². The van der Waals surface area contributed by atoms with Gasteiger partial charge < -0.3 is 20.8 Å². The highest BCUT2D eigenvalue weighted by atomic mass is 16.3. The minimum atomic E-state index is -1.61. The third kappa shape index (κ3) is 25.1. The number of hydrogen-bond donors (Lipinski definition) is 7. The lowest BCUT2D eigenvalue weighted by Gasteiger charge is -2.22. The summed E-state index contributed by atoms with van der Waals surface area (Å²) in [6.07, 6.45) is 36.7. The molecule has 2 aromatic rings. The molecule has 14 heteroatoms. The Balaban J connectivity index is 1.84. The van der Waals surface area contributed by atoms with Gasteiger partial charge in [-0.05, 0) is 49.2 Å². The molecule has 370 valence electrons. The molecule has 0 unspecified atom stereocenters. The fourth-order valence-electron chi connectivity index (χ4n) is 7.98. The smallest absolute Gasteiger partial charge is 0.339 e. The van der Waals surface area contributed by atoms with Crippen LogP contribution in [0.3, 0.4) is 0 Å². The van der Waals surface area contributed by atoms with Gasteiger partial charge in [0.05, 0.1) is 11.1 Å². The second kappa shape index (κ2) is 36.2. The van der Waals surface area contributed by atoms with Gasteiger partial charge in [0, 0.05) is 24.2 Å². The van der Waals surface area contributed by atoms with Crippen LogP contribution >= 0.6 is 0 Å². The van der Waals surface area contributed by atoms with Crippen molar-refractivity contribution in [1.29, 1.82) is 0 Å². The maximum atomic E-state index is 13.7. The van der Waals surface area contributed by atoms with E-state index in [0.717, 1.165) is 62.8 Å². The number of phenolic OH excluding ortho intramolecular Hbond substituents is 2. The summed E-state index contributed by atoms with van der Waals surface area (Å²) in [7, 11) is 0. The van der Waals surface area contributed by atoms with Crippen LogP contribution in [0.4, 0.5) is 11.4 Å². The van der Waals surface area contributed by atoms with Crippen molar-refractivity contribution in [2.75, 3.05) is 10.6 Å². The number of rotatable bonds is 36. The molecule has 0 fully saturated rings. The molecule has 0 saturated carbocycles. The van der Waals surface area contributed by atoms with Gasteiger partial charge in [-0.3, -0.25) is 39.6 Å². The lowest BCUT2D eigenvalue weighted by Crippen LogP contribution is -2.55. The van der Waals surface area contributed by atoms with Gasteiger partial charge in [0.25, 0.3) is 11.8 Å². The van der Waals surface area contributed by atoms with Gasteiger partial charge in [0.2, 0.25) is 11.8 Å². The number of carbonyl (C=O) groups excluding carboxylic acids is 6. The van der Waals surface area contributed by atoms with Crippen molar-refractivity contribution in [3.05, 3.63) is 47.5 Å². The zero-order valence-corrected chi connectivity index (χ0v) is 40.5. The maximum Gasteiger partial charge on any atom is 0.339 e. The number of hydrazine groups is 2. The quantitative estimate of drug-likeness (QED) is 0.00862. The van der Waals surface area contributed by atoms with Gasteiger partial charge in [-0.1, -0.05) is 194 Å². The van der Waals surface area contributed by atoms with Gasteiger partial charge in [0.15, 0.2) is 0 Å². The molecule has 0 atom stereocenters. The van der Waals surface area contributed by atoms with Crippen LogP contribution in [0.1, 0.15) is 240 Å². The number of anilines is 2. The molecule has 66 heavy (non-hydrogen) atoms. The highest BCUT2D eigenvalue weighted by Gasteiger charge is 2.32. The van der Waals surface area contributed by atoms with E-state index < -0.39 is 46.3 Å². The Hall–Kier alpha value is -4.98. The molecule has 0 radical (unpaired) electrons. The van der Waals surface area contributed by atoms with Gasteiger partial charge in [-0.2, -0.15) is 5.01 Å². The topological polar surface area (TPSA) is 220 Å². The van der Waals surface area contributed by atoms with Crippen LogP contribution in [0, 0.1) is 0 Å². The standard InChI is InChI=1S/C52H84N6O8/c1-3-5-7-9-11-13-15-17-19-21-23-25-27-29-31-33-47(61)54-41-35-37-45(59)43(39-41)49(63)57-58(52(66)50(64)56-53)51(65)44-40-42(36-38-46(44)60)55-48(62)34-32-30-28-26-24-22-20-18-16-14-12-10-8-6-4-2/h35-40,59-60H,3-34,53H2,1-2H3,(H,54,61)(H,55,62)(H,56,64)(H,57,63). The van der Waals surface area contributed by atoms with E-state index in [2.05, 4.69) is 24.5 Å². The Morgan fingerprint density at radius 3 is 1.14 bits per heavy atom. The molecule has 2 rings (SSSR count). The predicted molar refractivity (Wildman–Crippen MR) is 264 cm³/mol. The van der Waals surface area contributed by atoms with Crippen molar-refractivity contribution in [3.8, 4) is 11.5 Å². The number of nitrogens with zero attached hydrogens (tertiary/aromatic N) is 1. The number of imide groups is 1. The monoisotopic (exact) mass is 921 g/mol. The molecule has 14 nitrogen and oxygen atoms in total. The molecule has 2 aromatic carbocycles. The van der Waals surface area contributed by atoms with Crippen molar-refractivity contribution in [2.24, 2.45) is 5.84 Å². The molecule has 0 saturated heterocycles. The lowest BCUT2D eigenvalue weighted by atomic mass is 10.0. The van der Waals surface area contributed by atoms with E-state index in [4.69, 9.17) is 5.84 Å². The summed E-state index contributed by atoms with van der Waals surface area (Å²) in [5.74, 6) is -2.19. The predicted octanol–water partition coefficient (Wildman–Crippen LogP) is 11.8. The van der Waals surface area contributed by atoms with Gasteiger partial charge in [-0.15, -0.1) is 0 Å². The zero-order chi connectivity index (χ0) is 48.2. The van der Waals surface area contributed by atoms with Crippen LogP contribution in [-0.2, 0) is 19.2 Å². The van der Waals surface area contributed by atoms with E-state index in [1.165, 1.54) is 153 Å². The molecule has 0 aromatic heterocycles. The Bertz CT molecular complexity index is 1740. The van der Waals surface area contributed by atoms with Gasteiger partial charge in [0.1, 0.15) is 11.5 Å². The average Bonchev–Trinajstić information content (AvgIpc) is 3.31. The molecular formula is C52H84N6O8. The Kier molecular flexibility index (Phi) is 31.3.